The summed E-state index contributed by atoms with van der Waals surface area (Å²) in [4.78, 5) is 37.9. The number of aromatic amines is 1. The van der Waals surface area contributed by atoms with Crippen LogP contribution in [0.1, 0.15) is 33.9 Å². The van der Waals surface area contributed by atoms with E-state index in [1.165, 1.54) is 26.0 Å². The Morgan fingerprint density at radius 3 is 2.53 bits per heavy atom. The molecule has 1 aliphatic heterocycles. The van der Waals surface area contributed by atoms with Gasteiger partial charge in [0, 0.05) is 12.3 Å². The van der Waals surface area contributed by atoms with Gasteiger partial charge < -0.3 is 24.2 Å². The van der Waals surface area contributed by atoms with Crippen LogP contribution in [0, 0.1) is 0 Å². The number of hydrogen-bond acceptors (Lipinski definition) is 10. The van der Waals surface area contributed by atoms with Crippen LogP contribution in [0.5, 0.6) is 5.75 Å². The Balaban J connectivity index is 1.80. The van der Waals surface area contributed by atoms with E-state index < -0.39 is 67.8 Å². The minimum Gasteiger partial charge on any atom is -0.462 e. The van der Waals surface area contributed by atoms with Crippen molar-refractivity contribution in [3.8, 4) is 5.75 Å². The van der Waals surface area contributed by atoms with Gasteiger partial charge in [-0.05, 0) is 39.8 Å². The number of carbonyl (C=O) groups excluding carboxylic acids is 1. The number of aromatic nitrogens is 2. The quantitative estimate of drug-likeness (QED) is 0.252. The van der Waals surface area contributed by atoms with E-state index in [-0.39, 0.29) is 5.75 Å². The summed E-state index contributed by atoms with van der Waals surface area (Å²) in [5, 5.41) is 24.0. The molecule has 198 valence electrons. The van der Waals surface area contributed by atoms with Crippen molar-refractivity contribution < 1.29 is 38.1 Å². The summed E-state index contributed by atoms with van der Waals surface area (Å²) in [6, 6.07) is 8.02. The van der Waals surface area contributed by atoms with Crippen molar-refractivity contribution in [1.82, 2.24) is 14.6 Å². The number of carbonyl (C=O) groups is 1. The highest BCUT2D eigenvalue weighted by Gasteiger charge is 2.54. The summed E-state index contributed by atoms with van der Waals surface area (Å²) in [5.41, 5.74) is -3.49. The molecule has 1 unspecified atom stereocenters. The van der Waals surface area contributed by atoms with Gasteiger partial charge in [-0.3, -0.25) is 23.7 Å². The van der Waals surface area contributed by atoms with Crippen LogP contribution in [0.25, 0.3) is 0 Å². The molecule has 13 nitrogen and oxygen atoms in total. The van der Waals surface area contributed by atoms with Crippen molar-refractivity contribution in [2.75, 3.05) is 6.61 Å². The predicted molar refractivity (Wildman–Crippen MR) is 126 cm³/mol. The van der Waals surface area contributed by atoms with E-state index in [0.717, 1.165) is 16.8 Å². The third-order valence-electron chi connectivity index (χ3n) is 5.29. The summed E-state index contributed by atoms with van der Waals surface area (Å²) in [6.07, 6.45) is -3.54. The third kappa shape index (κ3) is 6.49. The molecule has 36 heavy (non-hydrogen) atoms. The smallest absolute Gasteiger partial charge is 0.459 e. The second-order valence-corrected chi connectivity index (χ2v) is 10.4. The van der Waals surface area contributed by atoms with Crippen LogP contribution in [0.15, 0.2) is 52.2 Å². The molecule has 0 spiro atoms. The van der Waals surface area contributed by atoms with E-state index in [0.29, 0.717) is 0 Å². The van der Waals surface area contributed by atoms with Crippen LogP contribution in [-0.4, -0.2) is 62.3 Å². The molecule has 14 heteroatoms. The molecular weight excluding hydrogens is 497 g/mol. The monoisotopic (exact) mass is 527 g/mol. The maximum Gasteiger partial charge on any atom is 0.459 e. The number of esters is 1. The van der Waals surface area contributed by atoms with Crippen molar-refractivity contribution in [3.63, 3.8) is 0 Å². The number of benzene rings is 1. The summed E-state index contributed by atoms with van der Waals surface area (Å²) in [6.45, 7) is 5.42. The lowest BCUT2D eigenvalue weighted by Crippen LogP contribution is -2.47. The van der Waals surface area contributed by atoms with Crippen molar-refractivity contribution in [1.29, 1.82) is 0 Å². The van der Waals surface area contributed by atoms with Crippen molar-refractivity contribution in [3.05, 3.63) is 63.4 Å². The zero-order chi connectivity index (χ0) is 26.7. The maximum atomic E-state index is 13.6. The molecule has 1 fully saturated rings. The van der Waals surface area contributed by atoms with E-state index in [1.54, 1.807) is 32.0 Å². The number of hydrogen-bond donors (Lipinski definition) is 4. The van der Waals surface area contributed by atoms with Crippen LogP contribution < -0.4 is 20.9 Å². The Bertz CT molecular complexity index is 1210. The van der Waals surface area contributed by atoms with E-state index in [2.05, 4.69) is 5.09 Å². The normalized spacial score (nSPS) is 26.4. The lowest BCUT2D eigenvalue weighted by molar-refractivity contribution is -0.149. The number of rotatable bonds is 10. The summed E-state index contributed by atoms with van der Waals surface area (Å²) >= 11 is 0. The molecule has 1 aromatic carbocycles. The summed E-state index contributed by atoms with van der Waals surface area (Å²) in [5.74, 6) is -0.515. The molecule has 0 amide bonds. The highest BCUT2D eigenvalue weighted by Crippen LogP contribution is 2.46. The van der Waals surface area contributed by atoms with Gasteiger partial charge in [0.1, 0.15) is 29.6 Å². The fourth-order valence-electron chi connectivity index (χ4n) is 3.50. The second kappa shape index (κ2) is 11.1. The number of aliphatic hydroxyl groups is 2. The number of nitrogens with one attached hydrogen (secondary N) is 2. The average Bonchev–Trinajstić information content (AvgIpc) is 3.01. The van der Waals surface area contributed by atoms with E-state index in [1.807, 2.05) is 4.98 Å². The standard InChI is InChI=1S/C22H30N3O10P/c1-13(2)33-19(28)14(3)24-36(31,35-15-8-6-5-7-9-15)32-12-16-18(27)22(4,30)20(34-16)25-11-10-17(26)23-21(25)29/h5-11,13-14,16,18,20,27,30H,12H2,1-4H3,(H,24,31)(H,23,26,29)/t14?,16-,18-,20-,22+,36+/m1/s1. The highest BCUT2D eigenvalue weighted by atomic mass is 31.2. The van der Waals surface area contributed by atoms with Gasteiger partial charge in [-0.25, -0.2) is 9.36 Å². The number of nitrogens with zero attached hydrogens (tertiary/aromatic N) is 1. The predicted octanol–water partition coefficient (Wildman–Crippen LogP) is 0.679. The van der Waals surface area contributed by atoms with Crippen LogP contribution >= 0.6 is 7.75 Å². The Morgan fingerprint density at radius 1 is 1.25 bits per heavy atom. The van der Waals surface area contributed by atoms with Crippen LogP contribution in [0.3, 0.4) is 0 Å². The largest absolute Gasteiger partial charge is 0.462 e. The molecule has 0 saturated carbocycles. The zero-order valence-corrected chi connectivity index (χ0v) is 21.1. The Labute approximate surface area is 206 Å². The molecule has 1 saturated heterocycles. The minimum absolute atomic E-state index is 0.176. The molecule has 0 aliphatic carbocycles. The fourth-order valence-corrected chi connectivity index (χ4v) is 5.00. The lowest BCUT2D eigenvalue weighted by atomic mass is 9.96. The average molecular weight is 527 g/mol. The second-order valence-electron chi connectivity index (χ2n) is 8.75. The number of H-pyrrole nitrogens is 1. The molecule has 1 aromatic heterocycles. The third-order valence-corrected chi connectivity index (χ3v) is 6.94. The van der Waals surface area contributed by atoms with Crippen molar-refractivity contribution in [2.45, 2.75) is 63.9 Å². The van der Waals surface area contributed by atoms with Gasteiger partial charge >= 0.3 is 19.4 Å². The summed E-state index contributed by atoms with van der Waals surface area (Å²) < 4.78 is 36.3. The van der Waals surface area contributed by atoms with E-state index in [4.69, 9.17) is 18.5 Å². The Morgan fingerprint density at radius 2 is 1.92 bits per heavy atom. The molecule has 4 N–H and O–H groups in total. The minimum atomic E-state index is -4.26. The lowest BCUT2D eigenvalue weighted by Gasteiger charge is -2.27. The van der Waals surface area contributed by atoms with Gasteiger partial charge in [0.25, 0.3) is 5.56 Å². The number of para-hydroxylation sites is 1. The molecular formula is C22H30N3O10P. The highest BCUT2D eigenvalue weighted by molar-refractivity contribution is 7.52. The Kier molecular flexibility index (Phi) is 8.55. The van der Waals surface area contributed by atoms with Gasteiger partial charge in [-0.15, -0.1) is 0 Å². The van der Waals surface area contributed by atoms with Crippen LogP contribution in [-0.2, 0) is 23.4 Å². The molecule has 0 bridgehead atoms. The van der Waals surface area contributed by atoms with Crippen LogP contribution in [0.2, 0.25) is 0 Å². The number of ether oxygens (including phenoxy) is 2. The van der Waals surface area contributed by atoms with Gasteiger partial charge in [0.05, 0.1) is 12.7 Å². The Hall–Kier alpha value is -2.80. The molecule has 6 atom stereocenters. The zero-order valence-electron chi connectivity index (χ0n) is 20.2. The van der Waals surface area contributed by atoms with Gasteiger partial charge in [0.15, 0.2) is 6.23 Å². The van der Waals surface area contributed by atoms with E-state index in [9.17, 15) is 29.2 Å². The van der Waals surface area contributed by atoms with Gasteiger partial charge in [0.2, 0.25) is 0 Å². The van der Waals surface area contributed by atoms with Gasteiger partial charge in [-0.2, -0.15) is 5.09 Å². The number of aliphatic hydroxyl groups excluding tert-OH is 1. The first-order chi connectivity index (χ1) is 16.8. The first kappa shape index (κ1) is 27.8. The van der Waals surface area contributed by atoms with Crippen molar-refractivity contribution in [2.24, 2.45) is 0 Å². The van der Waals surface area contributed by atoms with Crippen LogP contribution in [0.4, 0.5) is 0 Å². The first-order valence-electron chi connectivity index (χ1n) is 11.2. The molecule has 2 aromatic rings. The molecule has 1 aliphatic rings. The molecule has 3 rings (SSSR count). The molecule has 2 heterocycles. The van der Waals surface area contributed by atoms with E-state index >= 15 is 0 Å². The SMILES string of the molecule is CC(C)OC(=O)C(C)N[P@](=O)(OC[C@H]1O[C@@H](n2ccc(=O)[nH]c2=O)[C@@](C)(O)[C@@H]1O)Oc1ccccc1. The van der Waals surface area contributed by atoms with Crippen molar-refractivity contribution >= 4 is 13.7 Å². The fraction of sp³-hybridized carbons (Fsp3) is 0.500. The van der Waals surface area contributed by atoms with Gasteiger partial charge in [-0.1, -0.05) is 18.2 Å². The summed E-state index contributed by atoms with van der Waals surface area (Å²) in [7, 11) is -4.26. The first-order valence-corrected chi connectivity index (χ1v) is 12.7. The maximum absolute atomic E-state index is 13.6. The molecule has 0 radical (unpaired) electrons. The topological polar surface area (TPSA) is 178 Å².